The largest absolute Gasteiger partial charge is 0.495 e. The minimum absolute atomic E-state index is 0.0445. The van der Waals surface area contributed by atoms with Crippen LogP contribution in [0, 0.1) is 0 Å². The first kappa shape index (κ1) is 26.1. The predicted molar refractivity (Wildman–Crippen MR) is 135 cm³/mol. The van der Waals surface area contributed by atoms with E-state index in [9.17, 15) is 14.7 Å². The van der Waals surface area contributed by atoms with Crippen molar-refractivity contribution in [3.8, 4) is 11.5 Å². The van der Waals surface area contributed by atoms with Gasteiger partial charge in [0.15, 0.2) is 0 Å². The van der Waals surface area contributed by atoms with Crippen LogP contribution < -0.4 is 20.1 Å². The number of benzene rings is 2. The number of pyridine rings is 1. The lowest BCUT2D eigenvalue weighted by atomic mass is 10.1. The van der Waals surface area contributed by atoms with E-state index in [1.54, 1.807) is 43.6 Å². The molecule has 0 spiro atoms. The molecule has 0 bridgehead atoms. The molecule has 0 radical (unpaired) electrons. The van der Waals surface area contributed by atoms with Crippen LogP contribution in [0.1, 0.15) is 22.3 Å². The smallest absolute Gasteiger partial charge is 0.326 e. The number of carboxylic acid groups (broad SMARTS) is 1. The van der Waals surface area contributed by atoms with E-state index in [1.165, 1.54) is 12.1 Å². The summed E-state index contributed by atoms with van der Waals surface area (Å²) >= 11 is 12.1. The highest BCUT2D eigenvalue weighted by molar-refractivity contribution is 6.39. The van der Waals surface area contributed by atoms with Gasteiger partial charge >= 0.3 is 5.97 Å². The molecule has 1 heterocycles. The molecular weight excluding hydrogens is 493 g/mol. The number of hydrogen-bond donors (Lipinski definition) is 3. The van der Waals surface area contributed by atoms with Crippen LogP contribution >= 0.6 is 23.2 Å². The van der Waals surface area contributed by atoms with Crippen molar-refractivity contribution in [2.75, 3.05) is 25.6 Å². The first-order chi connectivity index (χ1) is 16.9. The van der Waals surface area contributed by atoms with Crippen molar-refractivity contribution in [1.82, 2.24) is 10.3 Å². The third kappa shape index (κ3) is 7.77. The average Bonchev–Trinajstić information content (AvgIpc) is 2.84. The van der Waals surface area contributed by atoms with Crippen LogP contribution in [0.15, 0.2) is 60.8 Å². The molecule has 3 aromatic rings. The summed E-state index contributed by atoms with van der Waals surface area (Å²) in [6.45, 7) is 1.18. The van der Waals surface area contributed by atoms with Gasteiger partial charge in [-0.3, -0.25) is 4.79 Å². The number of aromatic nitrogens is 1. The third-order valence-electron chi connectivity index (χ3n) is 5.02. The Morgan fingerprint density at radius 1 is 1.03 bits per heavy atom. The minimum Gasteiger partial charge on any atom is -0.495 e. The van der Waals surface area contributed by atoms with Crippen molar-refractivity contribution >= 4 is 40.9 Å². The Labute approximate surface area is 213 Å². The van der Waals surface area contributed by atoms with Crippen molar-refractivity contribution in [3.63, 3.8) is 0 Å². The molecule has 0 unspecified atom stereocenters. The molecule has 1 atom stereocenters. The van der Waals surface area contributed by atoms with E-state index in [1.807, 2.05) is 12.1 Å². The standard InChI is InChI=1S/C25H25Cl2N3O5/c1-34-18-10-11-22(29-15-18)28-12-3-13-35-17-8-6-16(7-9-17)14-21(25(32)33)30-24(31)23-19(26)4-2-5-20(23)27/h2,4-11,15,21H,3,12-14H2,1H3,(H,28,29)(H,30,31)(H,32,33)/t21-/m0/s1. The van der Waals surface area contributed by atoms with E-state index < -0.39 is 17.9 Å². The number of nitrogens with one attached hydrogen (secondary N) is 2. The number of aliphatic carboxylic acids is 1. The Morgan fingerprint density at radius 2 is 1.71 bits per heavy atom. The average molecular weight is 518 g/mol. The highest BCUT2D eigenvalue weighted by Crippen LogP contribution is 2.24. The Hall–Kier alpha value is -3.49. The van der Waals surface area contributed by atoms with Crippen molar-refractivity contribution in [3.05, 3.63) is 82.0 Å². The highest BCUT2D eigenvalue weighted by Gasteiger charge is 2.23. The molecule has 8 nitrogen and oxygen atoms in total. The van der Waals surface area contributed by atoms with Gasteiger partial charge in [0, 0.05) is 13.0 Å². The molecule has 3 rings (SSSR count). The number of carbonyl (C=O) groups excluding carboxylic acids is 1. The number of nitrogens with zero attached hydrogens (tertiary/aromatic N) is 1. The number of rotatable bonds is 12. The van der Waals surface area contributed by atoms with Gasteiger partial charge in [0.05, 0.1) is 35.5 Å². The summed E-state index contributed by atoms with van der Waals surface area (Å²) in [5.74, 6) is 0.304. The van der Waals surface area contributed by atoms with Crippen LogP contribution in [0.3, 0.4) is 0 Å². The summed E-state index contributed by atoms with van der Waals surface area (Å²) < 4.78 is 10.8. The zero-order valence-corrected chi connectivity index (χ0v) is 20.5. The van der Waals surface area contributed by atoms with E-state index in [0.717, 1.165) is 17.8 Å². The van der Waals surface area contributed by atoms with Crippen molar-refractivity contribution in [2.24, 2.45) is 0 Å². The summed E-state index contributed by atoms with van der Waals surface area (Å²) in [4.78, 5) is 28.5. The van der Waals surface area contributed by atoms with Crippen LogP contribution in [0.5, 0.6) is 11.5 Å². The number of ether oxygens (including phenoxy) is 2. The SMILES string of the molecule is COc1ccc(NCCCOc2ccc(C[C@H](NC(=O)c3c(Cl)cccc3Cl)C(=O)O)cc2)nc1. The number of amides is 1. The fourth-order valence-corrected chi connectivity index (χ4v) is 3.76. The molecule has 1 amide bonds. The van der Waals surface area contributed by atoms with Gasteiger partial charge in [-0.1, -0.05) is 41.4 Å². The van der Waals surface area contributed by atoms with Crippen molar-refractivity contribution in [2.45, 2.75) is 18.9 Å². The molecule has 0 aliphatic rings. The molecule has 3 N–H and O–H groups in total. The van der Waals surface area contributed by atoms with Gasteiger partial charge in [-0.05, 0) is 48.4 Å². The molecule has 2 aromatic carbocycles. The zero-order valence-electron chi connectivity index (χ0n) is 19.0. The quantitative estimate of drug-likeness (QED) is 0.298. The van der Waals surface area contributed by atoms with Crippen LogP contribution in [0.2, 0.25) is 10.0 Å². The van der Waals surface area contributed by atoms with Gasteiger partial charge < -0.3 is 25.2 Å². The van der Waals surface area contributed by atoms with Crippen LogP contribution in [0.4, 0.5) is 5.82 Å². The molecule has 0 saturated carbocycles. The number of carboxylic acids is 1. The Bertz CT molecular complexity index is 1120. The summed E-state index contributed by atoms with van der Waals surface area (Å²) in [5, 5.41) is 15.6. The number of methoxy groups -OCH3 is 1. The Kier molecular flexibility index (Phi) is 9.57. The van der Waals surface area contributed by atoms with E-state index in [2.05, 4.69) is 15.6 Å². The number of halogens is 2. The summed E-state index contributed by atoms with van der Waals surface area (Å²) in [7, 11) is 1.59. The minimum atomic E-state index is -1.17. The maximum absolute atomic E-state index is 12.6. The third-order valence-corrected chi connectivity index (χ3v) is 5.65. The predicted octanol–water partition coefficient (Wildman–Crippen LogP) is 4.70. The van der Waals surface area contributed by atoms with Crippen LogP contribution in [0.25, 0.3) is 0 Å². The maximum Gasteiger partial charge on any atom is 0.326 e. The molecule has 10 heteroatoms. The van der Waals surface area contributed by atoms with Crippen molar-refractivity contribution < 1.29 is 24.2 Å². The van der Waals surface area contributed by atoms with Crippen LogP contribution in [-0.4, -0.2) is 48.3 Å². The first-order valence-corrected chi connectivity index (χ1v) is 11.6. The van der Waals surface area contributed by atoms with E-state index in [4.69, 9.17) is 32.7 Å². The number of anilines is 1. The molecule has 0 saturated heterocycles. The molecule has 35 heavy (non-hydrogen) atoms. The van der Waals surface area contributed by atoms with Gasteiger partial charge in [-0.25, -0.2) is 9.78 Å². The van der Waals surface area contributed by atoms with Gasteiger partial charge in [0.1, 0.15) is 23.4 Å². The lowest BCUT2D eigenvalue weighted by Crippen LogP contribution is -2.42. The Morgan fingerprint density at radius 3 is 2.31 bits per heavy atom. The van der Waals surface area contributed by atoms with E-state index in [0.29, 0.717) is 24.7 Å². The fraction of sp³-hybridized carbons (Fsp3) is 0.240. The summed E-state index contributed by atoms with van der Waals surface area (Å²) in [6, 6.07) is 14.2. The Balaban J connectivity index is 1.46. The summed E-state index contributed by atoms with van der Waals surface area (Å²) in [6.07, 6.45) is 2.49. The second kappa shape index (κ2) is 12.8. The lowest BCUT2D eigenvalue weighted by Gasteiger charge is -2.16. The van der Waals surface area contributed by atoms with Gasteiger partial charge in [-0.2, -0.15) is 0 Å². The van der Waals surface area contributed by atoms with E-state index in [-0.39, 0.29) is 22.0 Å². The van der Waals surface area contributed by atoms with E-state index >= 15 is 0 Å². The topological polar surface area (TPSA) is 110 Å². The fourth-order valence-electron chi connectivity index (χ4n) is 3.19. The van der Waals surface area contributed by atoms with Gasteiger partial charge in [-0.15, -0.1) is 0 Å². The molecule has 0 aliphatic carbocycles. The molecular formula is C25H25Cl2N3O5. The van der Waals surface area contributed by atoms with Gasteiger partial charge in [0.2, 0.25) is 0 Å². The summed E-state index contributed by atoms with van der Waals surface area (Å²) in [5.41, 5.74) is 0.769. The second-order valence-electron chi connectivity index (χ2n) is 7.52. The highest BCUT2D eigenvalue weighted by atomic mass is 35.5. The first-order valence-electron chi connectivity index (χ1n) is 10.8. The number of hydrogen-bond acceptors (Lipinski definition) is 6. The lowest BCUT2D eigenvalue weighted by molar-refractivity contribution is -0.139. The van der Waals surface area contributed by atoms with Gasteiger partial charge in [0.25, 0.3) is 5.91 Å². The zero-order chi connectivity index (χ0) is 25.2. The number of carbonyl (C=O) groups is 2. The maximum atomic E-state index is 12.6. The molecule has 0 fully saturated rings. The molecule has 184 valence electrons. The molecule has 1 aromatic heterocycles. The molecule has 0 aliphatic heterocycles. The monoisotopic (exact) mass is 517 g/mol. The van der Waals surface area contributed by atoms with Crippen LogP contribution in [-0.2, 0) is 11.2 Å². The van der Waals surface area contributed by atoms with Crippen molar-refractivity contribution in [1.29, 1.82) is 0 Å². The normalized spacial score (nSPS) is 11.4. The second-order valence-corrected chi connectivity index (χ2v) is 8.34.